The first-order valence-corrected chi connectivity index (χ1v) is 5.89. The molecule has 1 nitrogen and oxygen atoms in total. The Morgan fingerprint density at radius 2 is 1.93 bits per heavy atom. The Bertz CT molecular complexity index is 334. The van der Waals surface area contributed by atoms with E-state index in [1.165, 1.54) is 0 Å². The highest BCUT2D eigenvalue weighted by Gasteiger charge is 2.14. The second-order valence-corrected chi connectivity index (χ2v) is 5.17. The number of nitrogens with one attached hydrogen (secondary N) is 1. The van der Waals surface area contributed by atoms with Crippen LogP contribution < -0.4 is 5.32 Å². The quantitative estimate of drug-likeness (QED) is 0.836. The Hall–Kier alpha value is -0.240. The monoisotopic (exact) mass is 245 g/mol. The van der Waals surface area contributed by atoms with E-state index in [0.29, 0.717) is 0 Å². The van der Waals surface area contributed by atoms with Crippen molar-refractivity contribution in [2.75, 3.05) is 0 Å². The van der Waals surface area contributed by atoms with E-state index in [1.54, 1.807) is 6.07 Å². The van der Waals surface area contributed by atoms with E-state index in [2.05, 4.69) is 26.1 Å². The maximum Gasteiger partial charge on any atom is 0.0451 e. The second-order valence-electron chi connectivity index (χ2n) is 4.33. The molecule has 0 saturated heterocycles. The summed E-state index contributed by atoms with van der Waals surface area (Å²) in [5.74, 6) is 0. The molecule has 0 fully saturated rings. The first-order chi connectivity index (χ1) is 6.94. The van der Waals surface area contributed by atoms with Crippen LogP contribution >= 0.6 is 23.2 Å². The zero-order chi connectivity index (χ0) is 11.5. The molecule has 0 saturated carbocycles. The van der Waals surface area contributed by atoms with Crippen molar-refractivity contribution in [3.63, 3.8) is 0 Å². The molecule has 0 aromatic heterocycles. The van der Waals surface area contributed by atoms with Crippen LogP contribution in [-0.2, 0) is 6.54 Å². The predicted molar refractivity (Wildman–Crippen MR) is 67.7 cm³/mol. The van der Waals surface area contributed by atoms with E-state index < -0.39 is 0 Å². The molecule has 0 radical (unpaired) electrons. The second kappa shape index (κ2) is 5.20. The molecule has 1 N–H and O–H groups in total. The molecule has 0 aliphatic carbocycles. The lowest BCUT2D eigenvalue weighted by Crippen LogP contribution is -2.37. The molecule has 0 aliphatic rings. The molecule has 1 aromatic carbocycles. The van der Waals surface area contributed by atoms with Gasteiger partial charge < -0.3 is 5.32 Å². The van der Waals surface area contributed by atoms with Gasteiger partial charge in [-0.05, 0) is 44.0 Å². The average Bonchev–Trinajstić information content (AvgIpc) is 2.20. The van der Waals surface area contributed by atoms with Crippen molar-refractivity contribution in [2.45, 2.75) is 39.3 Å². The minimum absolute atomic E-state index is 0.131. The van der Waals surface area contributed by atoms with E-state index in [4.69, 9.17) is 23.2 Å². The molecule has 1 aromatic rings. The van der Waals surface area contributed by atoms with E-state index in [0.717, 1.165) is 28.6 Å². The largest absolute Gasteiger partial charge is 0.308 e. The average molecular weight is 246 g/mol. The van der Waals surface area contributed by atoms with Gasteiger partial charge in [-0.3, -0.25) is 0 Å². The van der Waals surface area contributed by atoms with Crippen molar-refractivity contribution >= 4 is 23.2 Å². The van der Waals surface area contributed by atoms with Crippen LogP contribution in [0.5, 0.6) is 0 Å². The third-order valence-electron chi connectivity index (χ3n) is 2.65. The molecule has 15 heavy (non-hydrogen) atoms. The standard InChI is InChI=1S/C12H17Cl2N/c1-4-12(2,3)15-8-9-7-10(13)5-6-11(9)14/h5-7,15H,4,8H2,1-3H3. The number of halogens is 2. The molecule has 0 unspecified atom stereocenters. The van der Waals surface area contributed by atoms with Crippen LogP contribution in [0.4, 0.5) is 0 Å². The van der Waals surface area contributed by atoms with Gasteiger partial charge in [0.2, 0.25) is 0 Å². The van der Waals surface area contributed by atoms with Crippen LogP contribution in [0.3, 0.4) is 0 Å². The van der Waals surface area contributed by atoms with Crippen molar-refractivity contribution in [1.82, 2.24) is 5.32 Å². The van der Waals surface area contributed by atoms with Crippen LogP contribution in [0.15, 0.2) is 18.2 Å². The summed E-state index contributed by atoms with van der Waals surface area (Å²) >= 11 is 12.0. The molecule has 3 heteroatoms. The Morgan fingerprint density at radius 1 is 1.27 bits per heavy atom. The Labute approximate surface area is 102 Å². The number of benzene rings is 1. The van der Waals surface area contributed by atoms with Gasteiger partial charge in [-0.15, -0.1) is 0 Å². The fraction of sp³-hybridized carbons (Fsp3) is 0.500. The van der Waals surface area contributed by atoms with Gasteiger partial charge in [-0.1, -0.05) is 30.1 Å². The fourth-order valence-electron chi connectivity index (χ4n) is 1.14. The van der Waals surface area contributed by atoms with Gasteiger partial charge in [0.05, 0.1) is 0 Å². The highest BCUT2D eigenvalue weighted by molar-refractivity contribution is 6.33. The highest BCUT2D eigenvalue weighted by Crippen LogP contribution is 2.21. The lowest BCUT2D eigenvalue weighted by molar-refractivity contribution is 0.374. The Balaban J connectivity index is 2.69. The van der Waals surface area contributed by atoms with Gasteiger partial charge in [0.1, 0.15) is 0 Å². The first kappa shape index (κ1) is 12.8. The SMILES string of the molecule is CCC(C)(C)NCc1cc(Cl)ccc1Cl. The van der Waals surface area contributed by atoms with E-state index in [-0.39, 0.29) is 5.54 Å². The zero-order valence-electron chi connectivity index (χ0n) is 9.40. The van der Waals surface area contributed by atoms with Crippen molar-refractivity contribution in [3.8, 4) is 0 Å². The van der Waals surface area contributed by atoms with E-state index >= 15 is 0 Å². The summed E-state index contributed by atoms with van der Waals surface area (Å²) in [6, 6.07) is 5.54. The zero-order valence-corrected chi connectivity index (χ0v) is 10.9. The number of hydrogen-bond donors (Lipinski definition) is 1. The van der Waals surface area contributed by atoms with Crippen LogP contribution in [0.2, 0.25) is 10.0 Å². The minimum Gasteiger partial charge on any atom is -0.308 e. The molecule has 0 aliphatic heterocycles. The molecule has 0 heterocycles. The van der Waals surface area contributed by atoms with Gasteiger partial charge >= 0.3 is 0 Å². The third kappa shape index (κ3) is 4.02. The molecular formula is C12H17Cl2N. The lowest BCUT2D eigenvalue weighted by atomic mass is 10.0. The van der Waals surface area contributed by atoms with Gasteiger partial charge in [0.25, 0.3) is 0 Å². The van der Waals surface area contributed by atoms with Crippen molar-refractivity contribution < 1.29 is 0 Å². The Kier molecular flexibility index (Phi) is 4.45. The number of rotatable bonds is 4. The lowest BCUT2D eigenvalue weighted by Gasteiger charge is -2.24. The summed E-state index contributed by atoms with van der Waals surface area (Å²) < 4.78 is 0. The minimum atomic E-state index is 0.131. The van der Waals surface area contributed by atoms with Gasteiger partial charge in [-0.25, -0.2) is 0 Å². The van der Waals surface area contributed by atoms with Crippen molar-refractivity contribution in [3.05, 3.63) is 33.8 Å². The molecular weight excluding hydrogens is 229 g/mol. The van der Waals surface area contributed by atoms with Gasteiger partial charge in [0.15, 0.2) is 0 Å². The molecule has 1 rings (SSSR count). The molecule has 0 spiro atoms. The predicted octanol–water partition coefficient (Wildman–Crippen LogP) is 4.27. The summed E-state index contributed by atoms with van der Waals surface area (Å²) in [5, 5.41) is 4.94. The van der Waals surface area contributed by atoms with Crippen LogP contribution in [-0.4, -0.2) is 5.54 Å². The van der Waals surface area contributed by atoms with Crippen molar-refractivity contribution in [1.29, 1.82) is 0 Å². The van der Waals surface area contributed by atoms with E-state index in [9.17, 15) is 0 Å². The topological polar surface area (TPSA) is 12.0 Å². The summed E-state index contributed by atoms with van der Waals surface area (Å²) in [5.41, 5.74) is 1.18. The highest BCUT2D eigenvalue weighted by atomic mass is 35.5. The third-order valence-corrected chi connectivity index (χ3v) is 3.25. The fourth-order valence-corrected chi connectivity index (χ4v) is 1.52. The van der Waals surface area contributed by atoms with Crippen molar-refractivity contribution in [2.24, 2.45) is 0 Å². The normalized spacial score (nSPS) is 11.8. The smallest absolute Gasteiger partial charge is 0.0451 e. The van der Waals surface area contributed by atoms with Crippen LogP contribution in [0.25, 0.3) is 0 Å². The number of hydrogen-bond acceptors (Lipinski definition) is 1. The van der Waals surface area contributed by atoms with Crippen LogP contribution in [0, 0.1) is 0 Å². The summed E-state index contributed by atoms with van der Waals surface area (Å²) in [7, 11) is 0. The Morgan fingerprint density at radius 3 is 2.53 bits per heavy atom. The van der Waals surface area contributed by atoms with Crippen LogP contribution in [0.1, 0.15) is 32.8 Å². The molecule has 0 bridgehead atoms. The van der Waals surface area contributed by atoms with E-state index in [1.807, 2.05) is 12.1 Å². The molecule has 0 amide bonds. The maximum atomic E-state index is 6.07. The summed E-state index contributed by atoms with van der Waals surface area (Å²) in [6.45, 7) is 7.25. The molecule has 0 atom stereocenters. The summed E-state index contributed by atoms with van der Waals surface area (Å²) in [4.78, 5) is 0. The maximum absolute atomic E-state index is 6.07. The first-order valence-electron chi connectivity index (χ1n) is 5.13. The summed E-state index contributed by atoms with van der Waals surface area (Å²) in [6.07, 6.45) is 1.07. The molecule has 84 valence electrons. The van der Waals surface area contributed by atoms with Gasteiger partial charge in [0, 0.05) is 22.1 Å². The van der Waals surface area contributed by atoms with Gasteiger partial charge in [-0.2, -0.15) is 0 Å².